The summed E-state index contributed by atoms with van der Waals surface area (Å²) in [6.07, 6.45) is 3.96. The molecule has 1 N–H and O–H groups in total. The molecular formula is C12H21N3O. The van der Waals surface area contributed by atoms with Crippen LogP contribution in [-0.2, 0) is 17.6 Å². The predicted octanol–water partition coefficient (Wildman–Crippen LogP) is 2.05. The number of aromatic nitrogens is 2. The molecule has 0 unspecified atom stereocenters. The first kappa shape index (κ1) is 12.9. The Balaban J connectivity index is 2.69. The zero-order valence-corrected chi connectivity index (χ0v) is 10.4. The van der Waals surface area contributed by atoms with E-state index in [0.717, 1.165) is 49.6 Å². The standard InChI is InChI=1S/C12H21N3O/c1-4-6-10-9-12(13-2)15-11(14-10)7-5-8-16-3/h9H,4-8H2,1-3H3,(H,13,14,15). The number of methoxy groups -OCH3 is 1. The number of hydrogen-bond donors (Lipinski definition) is 1. The molecule has 1 heterocycles. The summed E-state index contributed by atoms with van der Waals surface area (Å²) in [7, 11) is 3.60. The van der Waals surface area contributed by atoms with Crippen molar-refractivity contribution >= 4 is 5.82 Å². The van der Waals surface area contributed by atoms with Gasteiger partial charge in [0.05, 0.1) is 0 Å². The zero-order chi connectivity index (χ0) is 11.8. The van der Waals surface area contributed by atoms with Crippen LogP contribution in [-0.4, -0.2) is 30.7 Å². The van der Waals surface area contributed by atoms with E-state index in [1.54, 1.807) is 7.11 Å². The maximum atomic E-state index is 5.03. The largest absolute Gasteiger partial charge is 0.385 e. The fraction of sp³-hybridized carbons (Fsp3) is 0.667. The SMILES string of the molecule is CCCc1cc(NC)nc(CCCOC)n1. The van der Waals surface area contributed by atoms with Crippen LogP contribution < -0.4 is 5.32 Å². The van der Waals surface area contributed by atoms with Gasteiger partial charge in [-0.2, -0.15) is 0 Å². The van der Waals surface area contributed by atoms with Gasteiger partial charge in [-0.15, -0.1) is 0 Å². The molecule has 1 rings (SSSR count). The molecule has 0 saturated heterocycles. The van der Waals surface area contributed by atoms with Gasteiger partial charge in [0.2, 0.25) is 0 Å². The molecule has 90 valence electrons. The van der Waals surface area contributed by atoms with Gasteiger partial charge in [-0.05, 0) is 12.8 Å². The smallest absolute Gasteiger partial charge is 0.131 e. The maximum Gasteiger partial charge on any atom is 0.131 e. The van der Waals surface area contributed by atoms with E-state index >= 15 is 0 Å². The van der Waals surface area contributed by atoms with Gasteiger partial charge in [-0.3, -0.25) is 0 Å². The van der Waals surface area contributed by atoms with Crippen molar-refractivity contribution in [2.45, 2.75) is 32.6 Å². The van der Waals surface area contributed by atoms with Crippen LogP contribution >= 0.6 is 0 Å². The van der Waals surface area contributed by atoms with Crippen molar-refractivity contribution in [2.75, 3.05) is 26.1 Å². The molecule has 0 radical (unpaired) electrons. The second-order valence-electron chi connectivity index (χ2n) is 3.76. The highest BCUT2D eigenvalue weighted by atomic mass is 16.5. The van der Waals surface area contributed by atoms with E-state index in [9.17, 15) is 0 Å². The molecule has 0 atom stereocenters. The van der Waals surface area contributed by atoms with E-state index in [1.807, 2.05) is 13.1 Å². The Kier molecular flexibility index (Phi) is 5.78. The van der Waals surface area contributed by atoms with Crippen LogP contribution in [0, 0.1) is 0 Å². The summed E-state index contributed by atoms with van der Waals surface area (Å²) in [6, 6.07) is 2.02. The number of hydrogen-bond acceptors (Lipinski definition) is 4. The summed E-state index contributed by atoms with van der Waals surface area (Å²) in [6.45, 7) is 2.92. The summed E-state index contributed by atoms with van der Waals surface area (Å²) < 4.78 is 5.03. The van der Waals surface area contributed by atoms with Gasteiger partial charge in [0.15, 0.2) is 0 Å². The molecule has 0 aliphatic heterocycles. The topological polar surface area (TPSA) is 47.0 Å². The van der Waals surface area contributed by atoms with E-state index in [4.69, 9.17) is 4.74 Å². The quantitative estimate of drug-likeness (QED) is 0.719. The Labute approximate surface area is 97.5 Å². The lowest BCUT2D eigenvalue weighted by Gasteiger charge is -2.07. The van der Waals surface area contributed by atoms with Crippen LogP contribution in [0.4, 0.5) is 5.82 Å². The minimum absolute atomic E-state index is 0.760. The molecule has 0 aliphatic rings. The lowest BCUT2D eigenvalue weighted by molar-refractivity contribution is 0.194. The zero-order valence-electron chi connectivity index (χ0n) is 10.4. The minimum atomic E-state index is 0.760. The summed E-state index contributed by atoms with van der Waals surface area (Å²) in [5.74, 6) is 1.82. The highest BCUT2D eigenvalue weighted by molar-refractivity contribution is 5.35. The lowest BCUT2D eigenvalue weighted by Crippen LogP contribution is -2.05. The molecule has 0 amide bonds. The van der Waals surface area contributed by atoms with Crippen molar-refractivity contribution in [2.24, 2.45) is 0 Å². The van der Waals surface area contributed by atoms with Crippen LogP contribution in [0.2, 0.25) is 0 Å². The van der Waals surface area contributed by atoms with Crippen molar-refractivity contribution in [1.82, 2.24) is 9.97 Å². The number of anilines is 1. The van der Waals surface area contributed by atoms with Crippen LogP contribution in [0.3, 0.4) is 0 Å². The average Bonchev–Trinajstić information content (AvgIpc) is 2.29. The third kappa shape index (κ3) is 4.14. The van der Waals surface area contributed by atoms with Crippen molar-refractivity contribution in [3.8, 4) is 0 Å². The van der Waals surface area contributed by atoms with E-state index in [2.05, 4.69) is 22.2 Å². The molecular weight excluding hydrogens is 202 g/mol. The van der Waals surface area contributed by atoms with E-state index in [1.165, 1.54) is 0 Å². The highest BCUT2D eigenvalue weighted by Crippen LogP contribution is 2.09. The van der Waals surface area contributed by atoms with Crippen LogP contribution in [0.5, 0.6) is 0 Å². The summed E-state index contributed by atoms with van der Waals surface area (Å²) in [5, 5.41) is 3.07. The molecule has 0 fully saturated rings. The first-order chi connectivity index (χ1) is 7.80. The van der Waals surface area contributed by atoms with E-state index in [-0.39, 0.29) is 0 Å². The third-order valence-corrected chi connectivity index (χ3v) is 2.34. The number of rotatable bonds is 7. The van der Waals surface area contributed by atoms with E-state index < -0.39 is 0 Å². The molecule has 4 heteroatoms. The average molecular weight is 223 g/mol. The van der Waals surface area contributed by atoms with Gasteiger partial charge < -0.3 is 10.1 Å². The first-order valence-corrected chi connectivity index (χ1v) is 5.83. The normalized spacial score (nSPS) is 10.4. The minimum Gasteiger partial charge on any atom is -0.385 e. The lowest BCUT2D eigenvalue weighted by atomic mass is 10.2. The van der Waals surface area contributed by atoms with Gasteiger partial charge in [0.25, 0.3) is 0 Å². The molecule has 16 heavy (non-hydrogen) atoms. The molecule has 1 aromatic rings. The van der Waals surface area contributed by atoms with Crippen LogP contribution in [0.25, 0.3) is 0 Å². The van der Waals surface area contributed by atoms with Crippen LogP contribution in [0.1, 0.15) is 31.3 Å². The molecule has 0 aromatic carbocycles. The van der Waals surface area contributed by atoms with Crippen molar-refractivity contribution in [1.29, 1.82) is 0 Å². The first-order valence-electron chi connectivity index (χ1n) is 5.83. The highest BCUT2D eigenvalue weighted by Gasteiger charge is 2.03. The van der Waals surface area contributed by atoms with E-state index in [0.29, 0.717) is 0 Å². The second kappa shape index (κ2) is 7.17. The maximum absolute atomic E-state index is 5.03. The Bertz CT molecular complexity index is 315. The fourth-order valence-corrected chi connectivity index (χ4v) is 1.55. The monoisotopic (exact) mass is 223 g/mol. The molecule has 1 aromatic heterocycles. The van der Waals surface area contributed by atoms with Crippen molar-refractivity contribution in [3.05, 3.63) is 17.6 Å². The Hall–Kier alpha value is -1.16. The van der Waals surface area contributed by atoms with Gasteiger partial charge in [-0.25, -0.2) is 9.97 Å². The Morgan fingerprint density at radius 1 is 1.31 bits per heavy atom. The van der Waals surface area contributed by atoms with Gasteiger partial charge in [-0.1, -0.05) is 13.3 Å². The van der Waals surface area contributed by atoms with Gasteiger partial charge in [0, 0.05) is 38.9 Å². The third-order valence-electron chi connectivity index (χ3n) is 2.34. The summed E-state index contributed by atoms with van der Waals surface area (Å²) in [4.78, 5) is 8.96. The number of nitrogens with one attached hydrogen (secondary N) is 1. The Morgan fingerprint density at radius 2 is 2.12 bits per heavy atom. The molecule has 4 nitrogen and oxygen atoms in total. The van der Waals surface area contributed by atoms with Gasteiger partial charge in [0.1, 0.15) is 11.6 Å². The summed E-state index contributed by atoms with van der Waals surface area (Å²) in [5.41, 5.74) is 1.12. The number of ether oxygens (including phenoxy) is 1. The molecule has 0 aliphatic carbocycles. The second-order valence-corrected chi connectivity index (χ2v) is 3.76. The van der Waals surface area contributed by atoms with Crippen LogP contribution in [0.15, 0.2) is 6.07 Å². The van der Waals surface area contributed by atoms with Crippen molar-refractivity contribution < 1.29 is 4.74 Å². The Morgan fingerprint density at radius 3 is 2.75 bits per heavy atom. The number of nitrogens with zero attached hydrogens (tertiary/aromatic N) is 2. The van der Waals surface area contributed by atoms with Crippen molar-refractivity contribution in [3.63, 3.8) is 0 Å². The number of aryl methyl sites for hydroxylation is 2. The predicted molar refractivity (Wildman–Crippen MR) is 65.8 cm³/mol. The molecule has 0 spiro atoms. The molecule has 0 saturated carbocycles. The fourth-order valence-electron chi connectivity index (χ4n) is 1.55. The van der Waals surface area contributed by atoms with Gasteiger partial charge >= 0.3 is 0 Å². The summed E-state index contributed by atoms with van der Waals surface area (Å²) >= 11 is 0. The molecule has 0 bridgehead atoms.